The van der Waals surface area contributed by atoms with Crippen LogP contribution in [0.5, 0.6) is 0 Å². The van der Waals surface area contributed by atoms with Crippen LogP contribution in [0.25, 0.3) is 0 Å². The molecule has 1 N–H and O–H groups in total. The molecule has 7 heteroatoms. The summed E-state index contributed by atoms with van der Waals surface area (Å²) in [5, 5.41) is 3.57. The van der Waals surface area contributed by atoms with Crippen LogP contribution in [0.2, 0.25) is 5.02 Å². The molecule has 1 atom stereocenters. The zero-order chi connectivity index (χ0) is 18.8. The zero-order valence-electron chi connectivity index (χ0n) is 14.1. The first-order valence-corrected chi connectivity index (χ1v) is 8.63. The van der Waals surface area contributed by atoms with E-state index in [9.17, 15) is 9.18 Å². The van der Waals surface area contributed by atoms with E-state index >= 15 is 0 Å². The molecule has 4 nitrogen and oxygen atoms in total. The second-order valence-electron chi connectivity index (χ2n) is 5.68. The Balaban J connectivity index is 2.20. The van der Waals surface area contributed by atoms with Crippen molar-refractivity contribution in [3.05, 3.63) is 76.2 Å². The predicted molar refractivity (Wildman–Crippen MR) is 104 cm³/mol. The Hall–Kier alpha value is -2.44. The van der Waals surface area contributed by atoms with Crippen molar-refractivity contribution in [1.29, 1.82) is 0 Å². The monoisotopic (exact) mass is 390 g/mol. The van der Waals surface area contributed by atoms with Gasteiger partial charge in [0.15, 0.2) is 5.11 Å². The van der Waals surface area contributed by atoms with Gasteiger partial charge >= 0.3 is 5.97 Å². The number of anilines is 1. The van der Waals surface area contributed by atoms with Crippen molar-refractivity contribution in [3.8, 4) is 0 Å². The van der Waals surface area contributed by atoms with Gasteiger partial charge in [-0.05, 0) is 43.4 Å². The number of nitrogens with one attached hydrogen (secondary N) is 1. The lowest BCUT2D eigenvalue weighted by Gasteiger charge is -2.37. The molecule has 0 aliphatic carbocycles. The van der Waals surface area contributed by atoms with Crippen molar-refractivity contribution in [1.82, 2.24) is 5.32 Å². The standard InChI is InChI=1S/C19H16ClFN2O2S/c1-11-15(18(24)25-2)17(16-13(20)9-6-10-14(16)21)22-19(26)23(11)12-7-4-3-5-8-12/h3-10,17H,1-2H3,(H,22,26)/t17-/m1/s1. The fourth-order valence-corrected chi connectivity index (χ4v) is 3.64. The summed E-state index contributed by atoms with van der Waals surface area (Å²) < 4.78 is 19.4. The van der Waals surface area contributed by atoms with Gasteiger partial charge in [0.1, 0.15) is 5.82 Å². The molecule has 3 rings (SSSR count). The second-order valence-corrected chi connectivity index (χ2v) is 6.47. The van der Waals surface area contributed by atoms with Crippen LogP contribution in [0.4, 0.5) is 10.1 Å². The van der Waals surface area contributed by atoms with Crippen LogP contribution in [0.1, 0.15) is 18.5 Å². The summed E-state index contributed by atoms with van der Waals surface area (Å²) in [6.07, 6.45) is 0. The van der Waals surface area contributed by atoms with Gasteiger partial charge < -0.3 is 10.1 Å². The van der Waals surface area contributed by atoms with E-state index in [4.69, 9.17) is 28.6 Å². The molecule has 2 aromatic rings. The Morgan fingerprint density at radius 2 is 1.92 bits per heavy atom. The number of carbonyl (C=O) groups is 1. The lowest BCUT2D eigenvalue weighted by atomic mass is 9.94. The third-order valence-electron chi connectivity index (χ3n) is 4.19. The molecule has 0 saturated carbocycles. The number of ether oxygens (including phenoxy) is 1. The molecule has 0 bridgehead atoms. The van der Waals surface area contributed by atoms with Crippen molar-refractivity contribution in [2.45, 2.75) is 13.0 Å². The molecular weight excluding hydrogens is 375 g/mol. The molecule has 0 radical (unpaired) electrons. The third-order valence-corrected chi connectivity index (χ3v) is 4.82. The van der Waals surface area contributed by atoms with Gasteiger partial charge in [0.05, 0.1) is 18.7 Å². The Bertz CT molecular complexity index is 881. The highest BCUT2D eigenvalue weighted by atomic mass is 35.5. The number of para-hydroxylation sites is 1. The van der Waals surface area contributed by atoms with Crippen LogP contribution in [-0.4, -0.2) is 18.2 Å². The van der Waals surface area contributed by atoms with Crippen LogP contribution >= 0.6 is 23.8 Å². The van der Waals surface area contributed by atoms with Crippen LogP contribution in [-0.2, 0) is 9.53 Å². The first-order chi connectivity index (χ1) is 12.5. The Morgan fingerprint density at radius 1 is 1.23 bits per heavy atom. The zero-order valence-corrected chi connectivity index (χ0v) is 15.7. The minimum absolute atomic E-state index is 0.156. The molecular formula is C19H16ClFN2O2S. The van der Waals surface area contributed by atoms with Gasteiger partial charge in [-0.15, -0.1) is 0 Å². The van der Waals surface area contributed by atoms with E-state index in [2.05, 4.69) is 5.32 Å². The summed E-state index contributed by atoms with van der Waals surface area (Å²) >= 11 is 11.7. The van der Waals surface area contributed by atoms with Crippen LogP contribution in [0.3, 0.4) is 0 Å². The molecule has 0 aromatic heterocycles. The van der Waals surface area contributed by atoms with E-state index in [0.29, 0.717) is 10.8 Å². The number of halogens is 2. The van der Waals surface area contributed by atoms with Crippen LogP contribution in [0, 0.1) is 5.82 Å². The summed E-state index contributed by atoms with van der Waals surface area (Å²) in [7, 11) is 1.28. The summed E-state index contributed by atoms with van der Waals surface area (Å²) in [4.78, 5) is 14.2. The van der Waals surface area contributed by atoms with Crippen molar-refractivity contribution in [3.63, 3.8) is 0 Å². The Kier molecular flexibility index (Phi) is 5.25. The summed E-state index contributed by atoms with van der Waals surface area (Å²) in [6.45, 7) is 1.74. The molecule has 0 saturated heterocycles. The molecule has 0 unspecified atom stereocenters. The Labute approximate surface area is 161 Å². The minimum Gasteiger partial charge on any atom is -0.466 e. The number of allylic oxidation sites excluding steroid dienone is 1. The first-order valence-electron chi connectivity index (χ1n) is 7.84. The van der Waals surface area contributed by atoms with Gasteiger partial charge in [0.2, 0.25) is 0 Å². The van der Waals surface area contributed by atoms with Gasteiger partial charge in [-0.25, -0.2) is 9.18 Å². The summed E-state index contributed by atoms with van der Waals surface area (Å²) in [5.74, 6) is -1.11. The average Bonchev–Trinajstić information content (AvgIpc) is 2.62. The van der Waals surface area contributed by atoms with E-state index in [1.165, 1.54) is 19.2 Å². The summed E-state index contributed by atoms with van der Waals surface area (Å²) in [5.41, 5.74) is 1.74. The van der Waals surface area contributed by atoms with Gasteiger partial charge in [-0.2, -0.15) is 0 Å². The molecule has 0 spiro atoms. The number of benzene rings is 2. The van der Waals surface area contributed by atoms with Gasteiger partial charge in [-0.1, -0.05) is 35.9 Å². The van der Waals surface area contributed by atoms with Gasteiger partial charge in [0.25, 0.3) is 0 Å². The van der Waals surface area contributed by atoms with E-state index < -0.39 is 17.8 Å². The van der Waals surface area contributed by atoms with Crippen molar-refractivity contribution < 1.29 is 13.9 Å². The normalized spacial score (nSPS) is 17.2. The minimum atomic E-state index is -0.844. The molecule has 0 amide bonds. The topological polar surface area (TPSA) is 41.6 Å². The second kappa shape index (κ2) is 7.43. The molecule has 1 aliphatic rings. The highest BCUT2D eigenvalue weighted by molar-refractivity contribution is 7.80. The first kappa shape index (κ1) is 18.4. The third kappa shape index (κ3) is 3.18. The molecule has 0 fully saturated rings. The summed E-state index contributed by atoms with van der Waals surface area (Å²) in [6, 6.07) is 12.9. The molecule has 1 aliphatic heterocycles. The largest absolute Gasteiger partial charge is 0.466 e. The van der Waals surface area contributed by atoms with E-state index in [0.717, 1.165) is 5.69 Å². The maximum Gasteiger partial charge on any atom is 0.337 e. The number of rotatable bonds is 3. The number of esters is 1. The van der Waals surface area contributed by atoms with Gasteiger partial charge in [-0.3, -0.25) is 4.90 Å². The van der Waals surface area contributed by atoms with Crippen LogP contribution < -0.4 is 10.2 Å². The fourth-order valence-electron chi connectivity index (χ4n) is 3.01. The highest BCUT2D eigenvalue weighted by Gasteiger charge is 2.37. The van der Waals surface area contributed by atoms with E-state index in [1.54, 1.807) is 17.9 Å². The van der Waals surface area contributed by atoms with Gasteiger partial charge in [0, 0.05) is 22.0 Å². The molecule has 134 valence electrons. The maximum atomic E-state index is 14.5. The average molecular weight is 391 g/mol. The van der Waals surface area contributed by atoms with E-state index in [-0.39, 0.29) is 16.2 Å². The lowest BCUT2D eigenvalue weighted by Crippen LogP contribution is -2.48. The SMILES string of the molecule is COC(=O)C1=C(C)N(c2ccccc2)C(=S)N[C@H]1c1c(F)cccc1Cl. The molecule has 2 aromatic carbocycles. The number of carbonyl (C=O) groups excluding carboxylic acids is 1. The lowest BCUT2D eigenvalue weighted by molar-refractivity contribution is -0.136. The maximum absolute atomic E-state index is 14.5. The molecule has 26 heavy (non-hydrogen) atoms. The number of nitrogens with zero attached hydrogens (tertiary/aromatic N) is 1. The Morgan fingerprint density at radius 3 is 2.54 bits per heavy atom. The number of hydrogen-bond acceptors (Lipinski definition) is 3. The van der Waals surface area contributed by atoms with Crippen molar-refractivity contribution in [2.75, 3.05) is 12.0 Å². The number of hydrogen-bond donors (Lipinski definition) is 1. The van der Waals surface area contributed by atoms with Crippen LogP contribution in [0.15, 0.2) is 59.8 Å². The molecule has 1 heterocycles. The number of thiocarbonyl (C=S) groups is 1. The fraction of sp³-hybridized carbons (Fsp3) is 0.158. The number of methoxy groups -OCH3 is 1. The predicted octanol–water partition coefficient (Wildman–Crippen LogP) is 4.36. The highest BCUT2D eigenvalue weighted by Crippen LogP contribution is 2.37. The van der Waals surface area contributed by atoms with E-state index in [1.807, 2.05) is 30.3 Å². The van der Waals surface area contributed by atoms with Crippen molar-refractivity contribution in [2.24, 2.45) is 0 Å². The quantitative estimate of drug-likeness (QED) is 0.623. The smallest absolute Gasteiger partial charge is 0.337 e. The van der Waals surface area contributed by atoms with Crippen molar-refractivity contribution >= 4 is 40.6 Å².